The van der Waals surface area contributed by atoms with Crippen LogP contribution in [0.2, 0.25) is 0 Å². The highest BCUT2D eigenvalue weighted by molar-refractivity contribution is 6.39. The van der Waals surface area contributed by atoms with Crippen molar-refractivity contribution in [3.8, 4) is 0 Å². The molecule has 0 fully saturated rings. The van der Waals surface area contributed by atoms with Gasteiger partial charge in [-0.15, -0.1) is 0 Å². The van der Waals surface area contributed by atoms with Gasteiger partial charge >= 0.3 is 0 Å². The SMILES string of the molecule is NC1=C(Cl)C=C2C(=Cc3cc([N+](=O)[O-])ccc32)C1=O. The van der Waals surface area contributed by atoms with Gasteiger partial charge in [-0.2, -0.15) is 0 Å². The number of nitro groups is 1. The van der Waals surface area contributed by atoms with Crippen LogP contribution in [0.3, 0.4) is 0 Å². The lowest BCUT2D eigenvalue weighted by atomic mass is 9.94. The van der Waals surface area contributed by atoms with E-state index in [4.69, 9.17) is 17.3 Å². The van der Waals surface area contributed by atoms with Gasteiger partial charge in [-0.05, 0) is 34.9 Å². The van der Waals surface area contributed by atoms with Crippen molar-refractivity contribution in [1.29, 1.82) is 0 Å². The summed E-state index contributed by atoms with van der Waals surface area (Å²) in [6.45, 7) is 0. The third-order valence-electron chi connectivity index (χ3n) is 3.14. The molecule has 3 rings (SSSR count). The molecule has 0 aromatic heterocycles. The number of carbonyl (C=O) groups excluding carboxylic acids is 1. The molecule has 1 aromatic carbocycles. The molecule has 0 heterocycles. The van der Waals surface area contributed by atoms with E-state index in [1.807, 2.05) is 0 Å². The first-order valence-corrected chi connectivity index (χ1v) is 5.79. The van der Waals surface area contributed by atoms with Crippen molar-refractivity contribution in [2.75, 3.05) is 0 Å². The fourth-order valence-corrected chi connectivity index (χ4v) is 2.40. The lowest BCUT2D eigenvalue weighted by molar-refractivity contribution is -0.384. The van der Waals surface area contributed by atoms with Gasteiger partial charge in [-0.3, -0.25) is 14.9 Å². The fourth-order valence-electron chi connectivity index (χ4n) is 2.21. The van der Waals surface area contributed by atoms with Crippen LogP contribution in [0.5, 0.6) is 0 Å². The highest BCUT2D eigenvalue weighted by Crippen LogP contribution is 2.41. The Morgan fingerprint density at radius 2 is 1.95 bits per heavy atom. The smallest absolute Gasteiger partial charge is 0.270 e. The quantitative estimate of drug-likeness (QED) is 0.629. The molecule has 0 saturated heterocycles. The van der Waals surface area contributed by atoms with Crippen LogP contribution in [-0.2, 0) is 4.79 Å². The number of non-ortho nitro benzene ring substituents is 1. The first-order chi connectivity index (χ1) is 8.99. The molecular weight excluding hydrogens is 268 g/mol. The Hall–Kier alpha value is -2.40. The van der Waals surface area contributed by atoms with Crippen molar-refractivity contribution in [3.05, 3.63) is 61.8 Å². The molecular formula is C13H7ClN2O3. The second kappa shape index (κ2) is 3.80. The van der Waals surface area contributed by atoms with E-state index in [-0.39, 0.29) is 22.2 Å². The topological polar surface area (TPSA) is 86.2 Å². The maximum atomic E-state index is 12.0. The van der Waals surface area contributed by atoms with Crippen molar-refractivity contribution >= 4 is 34.7 Å². The van der Waals surface area contributed by atoms with E-state index in [9.17, 15) is 14.9 Å². The van der Waals surface area contributed by atoms with E-state index in [0.29, 0.717) is 16.7 Å². The third-order valence-corrected chi connectivity index (χ3v) is 3.46. The molecule has 0 bridgehead atoms. The first kappa shape index (κ1) is 11.7. The highest BCUT2D eigenvalue weighted by Gasteiger charge is 2.30. The summed E-state index contributed by atoms with van der Waals surface area (Å²) in [6.07, 6.45) is 3.22. The molecule has 0 spiro atoms. The van der Waals surface area contributed by atoms with Gasteiger partial charge in [0.1, 0.15) is 0 Å². The Morgan fingerprint density at radius 3 is 2.63 bits per heavy atom. The van der Waals surface area contributed by atoms with Gasteiger partial charge in [0.2, 0.25) is 5.78 Å². The summed E-state index contributed by atoms with van der Waals surface area (Å²) in [5, 5.41) is 10.9. The number of nitro benzene ring substituents is 1. The Morgan fingerprint density at radius 1 is 1.21 bits per heavy atom. The molecule has 0 unspecified atom stereocenters. The van der Waals surface area contributed by atoms with Crippen LogP contribution in [0.15, 0.2) is 40.6 Å². The number of allylic oxidation sites excluding steroid dienone is 4. The van der Waals surface area contributed by atoms with Gasteiger partial charge in [-0.25, -0.2) is 0 Å². The highest BCUT2D eigenvalue weighted by atomic mass is 35.5. The van der Waals surface area contributed by atoms with Crippen LogP contribution >= 0.6 is 11.6 Å². The summed E-state index contributed by atoms with van der Waals surface area (Å²) in [4.78, 5) is 22.3. The molecule has 0 atom stereocenters. The zero-order valence-electron chi connectivity index (χ0n) is 9.51. The average Bonchev–Trinajstić information content (AvgIpc) is 2.74. The number of nitrogens with zero attached hydrogens (tertiary/aromatic N) is 1. The van der Waals surface area contributed by atoms with E-state index >= 15 is 0 Å². The summed E-state index contributed by atoms with van der Waals surface area (Å²) < 4.78 is 0. The zero-order valence-corrected chi connectivity index (χ0v) is 10.3. The molecule has 1 aromatic rings. The predicted molar refractivity (Wildman–Crippen MR) is 71.1 cm³/mol. The predicted octanol–water partition coefficient (Wildman–Crippen LogP) is 2.37. The fraction of sp³-hybridized carbons (Fsp3) is 0. The van der Waals surface area contributed by atoms with E-state index in [0.717, 1.165) is 5.56 Å². The Bertz CT molecular complexity index is 744. The molecule has 0 radical (unpaired) electrons. The number of rotatable bonds is 1. The van der Waals surface area contributed by atoms with Gasteiger partial charge in [0.15, 0.2) is 0 Å². The minimum atomic E-state index is -0.476. The van der Waals surface area contributed by atoms with Crippen LogP contribution in [0.25, 0.3) is 11.6 Å². The first-order valence-electron chi connectivity index (χ1n) is 5.41. The van der Waals surface area contributed by atoms with Crippen molar-refractivity contribution in [2.45, 2.75) is 0 Å². The molecule has 5 nitrogen and oxygen atoms in total. The number of ketones is 1. The second-order valence-corrected chi connectivity index (χ2v) is 4.64. The molecule has 0 amide bonds. The minimum absolute atomic E-state index is 0.000951. The molecule has 0 saturated carbocycles. The molecule has 2 aliphatic rings. The number of hydrogen-bond acceptors (Lipinski definition) is 4. The van der Waals surface area contributed by atoms with Gasteiger partial charge in [-0.1, -0.05) is 11.6 Å². The van der Waals surface area contributed by atoms with Crippen molar-refractivity contribution in [1.82, 2.24) is 0 Å². The number of benzene rings is 1. The summed E-state index contributed by atoms with van der Waals surface area (Å²) in [7, 11) is 0. The van der Waals surface area contributed by atoms with Crippen LogP contribution in [0.4, 0.5) is 5.69 Å². The molecule has 2 aliphatic carbocycles. The molecule has 0 aliphatic heterocycles. The minimum Gasteiger partial charge on any atom is -0.394 e. The molecule has 94 valence electrons. The number of Topliss-reactive ketones (excluding diaryl/α,β-unsaturated/α-hetero) is 1. The van der Waals surface area contributed by atoms with Crippen LogP contribution in [0, 0.1) is 10.1 Å². The van der Waals surface area contributed by atoms with Crippen molar-refractivity contribution < 1.29 is 9.72 Å². The normalized spacial score (nSPS) is 16.8. The molecule has 6 heteroatoms. The van der Waals surface area contributed by atoms with Crippen molar-refractivity contribution in [2.24, 2.45) is 5.73 Å². The van der Waals surface area contributed by atoms with Crippen molar-refractivity contribution in [3.63, 3.8) is 0 Å². The standard InChI is InChI=1S/C13H7ClN2O3/c14-11-5-9-8-2-1-7(16(18)19)3-6(8)4-10(9)13(17)12(11)15/h1-5H,15H2. The van der Waals surface area contributed by atoms with Crippen LogP contribution in [0.1, 0.15) is 11.1 Å². The van der Waals surface area contributed by atoms with E-state index in [2.05, 4.69) is 0 Å². The number of hydrogen-bond donors (Lipinski definition) is 1. The number of halogens is 1. The molecule has 19 heavy (non-hydrogen) atoms. The Balaban J connectivity index is 2.20. The number of carbonyl (C=O) groups is 1. The largest absolute Gasteiger partial charge is 0.394 e. The van der Waals surface area contributed by atoms with E-state index in [1.54, 1.807) is 18.2 Å². The summed E-state index contributed by atoms with van der Waals surface area (Å²) in [5.74, 6) is -0.346. The van der Waals surface area contributed by atoms with Gasteiger partial charge in [0.25, 0.3) is 5.69 Å². The summed E-state index contributed by atoms with van der Waals surface area (Å²) >= 11 is 5.90. The van der Waals surface area contributed by atoms with Gasteiger partial charge in [0.05, 0.1) is 15.7 Å². The molecule has 2 N–H and O–H groups in total. The number of fused-ring (bicyclic) bond motifs is 3. The van der Waals surface area contributed by atoms with Crippen LogP contribution < -0.4 is 5.73 Å². The van der Waals surface area contributed by atoms with E-state index < -0.39 is 4.92 Å². The Labute approximate surface area is 112 Å². The maximum absolute atomic E-state index is 12.0. The van der Waals surface area contributed by atoms with Gasteiger partial charge < -0.3 is 5.73 Å². The summed E-state index contributed by atoms with van der Waals surface area (Å²) in [5.41, 5.74) is 8.04. The zero-order chi connectivity index (χ0) is 13.7. The lowest BCUT2D eigenvalue weighted by Gasteiger charge is -2.13. The van der Waals surface area contributed by atoms with Gasteiger partial charge in [0, 0.05) is 17.7 Å². The monoisotopic (exact) mass is 274 g/mol. The maximum Gasteiger partial charge on any atom is 0.270 e. The third kappa shape index (κ3) is 1.59. The van der Waals surface area contributed by atoms with Crippen LogP contribution in [-0.4, -0.2) is 10.7 Å². The lowest BCUT2D eigenvalue weighted by Crippen LogP contribution is -2.17. The number of nitrogens with two attached hydrogens (primary N) is 1. The summed E-state index contributed by atoms with van der Waals surface area (Å²) in [6, 6.07) is 4.44. The van der Waals surface area contributed by atoms with E-state index in [1.165, 1.54) is 12.1 Å². The second-order valence-electron chi connectivity index (χ2n) is 4.24. The Kier molecular flexibility index (Phi) is 2.33. The average molecular weight is 275 g/mol.